The molecule has 0 radical (unpaired) electrons. The Balaban J connectivity index is 1.09. The molecule has 1 aromatic heterocycles. The van der Waals surface area contributed by atoms with E-state index in [1.54, 1.807) is 12.3 Å². The molecule has 1 amide bonds. The summed E-state index contributed by atoms with van der Waals surface area (Å²) >= 11 is 0. The number of fused-ring (bicyclic) bond motifs is 1. The molecule has 1 N–H and O–H groups in total. The molecule has 0 aliphatic carbocycles. The second-order valence-electron chi connectivity index (χ2n) is 10.9. The van der Waals surface area contributed by atoms with Crippen molar-refractivity contribution < 1.29 is 14.3 Å². The molecule has 2 fully saturated rings. The minimum atomic E-state index is -0.140. The number of hydrogen-bond donors (Lipinski definition) is 1. The normalized spacial score (nSPS) is 16.5. The van der Waals surface area contributed by atoms with Crippen LogP contribution in [0.4, 0.5) is 11.5 Å². The van der Waals surface area contributed by atoms with Gasteiger partial charge in [0.15, 0.2) is 0 Å². The molecule has 2 saturated heterocycles. The number of nitrogens with zero attached hydrogens (tertiary/aromatic N) is 3. The monoisotopic (exact) mass is 550 g/mol. The lowest BCUT2D eigenvalue weighted by Crippen LogP contribution is -2.38. The number of benzene rings is 3. The van der Waals surface area contributed by atoms with Crippen LogP contribution in [-0.4, -0.2) is 68.3 Å². The van der Waals surface area contributed by atoms with Crippen molar-refractivity contribution in [1.29, 1.82) is 0 Å². The molecule has 41 heavy (non-hydrogen) atoms. The maximum atomic E-state index is 13.4. The predicted molar refractivity (Wildman–Crippen MR) is 164 cm³/mol. The zero-order chi connectivity index (χ0) is 27.9. The number of morpholine rings is 1. The highest BCUT2D eigenvalue weighted by molar-refractivity contribution is 6.10. The van der Waals surface area contributed by atoms with Crippen LogP contribution >= 0.6 is 0 Å². The van der Waals surface area contributed by atoms with Crippen molar-refractivity contribution in [2.24, 2.45) is 5.92 Å². The Kier molecular flexibility index (Phi) is 8.74. The highest BCUT2D eigenvalue weighted by atomic mass is 16.5. The zero-order valence-electron chi connectivity index (χ0n) is 23.5. The van der Waals surface area contributed by atoms with Gasteiger partial charge in [-0.05, 0) is 55.0 Å². The number of rotatable bonds is 9. The van der Waals surface area contributed by atoms with E-state index in [9.17, 15) is 4.79 Å². The first kappa shape index (κ1) is 27.2. The lowest BCUT2D eigenvalue weighted by Gasteiger charge is -2.33. The summed E-state index contributed by atoms with van der Waals surface area (Å²) in [5, 5.41) is 5.08. The number of ether oxygens (including phenoxy) is 2. The van der Waals surface area contributed by atoms with Crippen molar-refractivity contribution in [1.82, 2.24) is 9.88 Å². The molecule has 2 aliphatic rings. The van der Waals surface area contributed by atoms with E-state index in [-0.39, 0.29) is 5.91 Å². The average molecular weight is 551 g/mol. The van der Waals surface area contributed by atoms with Gasteiger partial charge in [0.05, 0.1) is 13.2 Å². The van der Waals surface area contributed by atoms with E-state index in [1.807, 2.05) is 42.5 Å². The molecule has 7 nitrogen and oxygen atoms in total. The first-order valence-electron chi connectivity index (χ1n) is 14.7. The molecule has 7 heteroatoms. The Labute approximate surface area is 242 Å². The highest BCUT2D eigenvalue weighted by Crippen LogP contribution is 2.32. The number of nitrogens with one attached hydrogen (secondary N) is 1. The van der Waals surface area contributed by atoms with Gasteiger partial charge in [-0.1, -0.05) is 54.6 Å². The Bertz CT molecular complexity index is 1450. The smallest absolute Gasteiger partial charge is 0.255 e. The fraction of sp³-hybridized carbons (Fsp3) is 0.353. The van der Waals surface area contributed by atoms with E-state index in [0.29, 0.717) is 18.1 Å². The van der Waals surface area contributed by atoms with E-state index >= 15 is 0 Å². The van der Waals surface area contributed by atoms with Gasteiger partial charge < -0.3 is 19.7 Å². The second kappa shape index (κ2) is 13.1. The molecule has 6 rings (SSSR count). The molecule has 4 aromatic rings. The van der Waals surface area contributed by atoms with Crippen LogP contribution in [0.1, 0.15) is 28.8 Å². The van der Waals surface area contributed by atoms with Gasteiger partial charge in [-0.3, -0.25) is 9.69 Å². The Morgan fingerprint density at radius 3 is 2.46 bits per heavy atom. The zero-order valence-corrected chi connectivity index (χ0v) is 23.5. The molecule has 0 bridgehead atoms. The summed E-state index contributed by atoms with van der Waals surface area (Å²) in [4.78, 5) is 22.6. The van der Waals surface area contributed by atoms with Gasteiger partial charge in [-0.25, -0.2) is 4.98 Å². The van der Waals surface area contributed by atoms with Crippen LogP contribution in [0.15, 0.2) is 85.1 Å². The molecule has 0 spiro atoms. The van der Waals surface area contributed by atoms with Crippen molar-refractivity contribution in [2.45, 2.75) is 19.3 Å². The molecule has 212 valence electrons. The van der Waals surface area contributed by atoms with Crippen LogP contribution in [0, 0.1) is 5.92 Å². The van der Waals surface area contributed by atoms with Crippen LogP contribution in [0.5, 0.6) is 5.75 Å². The number of hydrogen-bond acceptors (Lipinski definition) is 6. The van der Waals surface area contributed by atoms with E-state index in [0.717, 1.165) is 93.2 Å². The molecule has 3 heterocycles. The molecule has 2 aliphatic heterocycles. The SMILES string of the molecule is O=C(Nc1ccc(OCCN2CCOCC2)c2ccccc12)c1ccnc(N2CCC(Cc3ccccc3)CC2)c1. The van der Waals surface area contributed by atoms with Crippen LogP contribution < -0.4 is 15.0 Å². The third kappa shape index (κ3) is 6.87. The number of amides is 1. The molecule has 0 unspecified atom stereocenters. The van der Waals surface area contributed by atoms with Crippen molar-refractivity contribution in [3.8, 4) is 5.75 Å². The van der Waals surface area contributed by atoms with E-state index in [2.05, 4.69) is 50.4 Å². The molecule has 0 saturated carbocycles. The number of aromatic nitrogens is 1. The molecule has 0 atom stereocenters. The Morgan fingerprint density at radius 1 is 0.902 bits per heavy atom. The number of carbonyl (C=O) groups excluding carboxylic acids is 1. The molecular formula is C34H38N4O3. The van der Waals surface area contributed by atoms with Crippen molar-refractivity contribution in [2.75, 3.05) is 62.8 Å². The average Bonchev–Trinajstić information content (AvgIpc) is 3.03. The van der Waals surface area contributed by atoms with Crippen molar-refractivity contribution in [3.63, 3.8) is 0 Å². The van der Waals surface area contributed by atoms with E-state index < -0.39 is 0 Å². The van der Waals surface area contributed by atoms with Crippen molar-refractivity contribution >= 4 is 28.2 Å². The summed E-state index contributed by atoms with van der Waals surface area (Å²) in [5.74, 6) is 2.23. The predicted octanol–water partition coefficient (Wildman–Crippen LogP) is 5.66. The first-order chi connectivity index (χ1) is 20.2. The fourth-order valence-electron chi connectivity index (χ4n) is 5.86. The van der Waals surface area contributed by atoms with Gasteiger partial charge in [-0.2, -0.15) is 0 Å². The Morgan fingerprint density at radius 2 is 1.66 bits per heavy atom. The summed E-state index contributed by atoms with van der Waals surface area (Å²) < 4.78 is 11.6. The van der Waals surface area contributed by atoms with Gasteiger partial charge >= 0.3 is 0 Å². The largest absolute Gasteiger partial charge is 0.492 e. The number of anilines is 2. The third-order valence-corrected chi connectivity index (χ3v) is 8.21. The molecule has 3 aromatic carbocycles. The highest BCUT2D eigenvalue weighted by Gasteiger charge is 2.21. The lowest BCUT2D eigenvalue weighted by molar-refractivity contribution is 0.0323. The van der Waals surface area contributed by atoms with Crippen molar-refractivity contribution in [3.05, 3.63) is 96.2 Å². The fourth-order valence-corrected chi connectivity index (χ4v) is 5.86. The van der Waals surface area contributed by atoms with Gasteiger partial charge in [-0.15, -0.1) is 0 Å². The minimum absolute atomic E-state index is 0.140. The standard InChI is InChI=1S/C34H38N4O3/c39-34(28-12-15-35-33(25-28)38-16-13-27(14-17-38)24-26-6-2-1-3-7-26)36-31-10-11-32(30-9-5-4-8-29(30)31)41-23-20-37-18-21-40-22-19-37/h1-12,15,25,27H,13-14,16-24H2,(H,36,39). The summed E-state index contributed by atoms with van der Waals surface area (Å²) in [5.41, 5.74) is 2.78. The van der Waals surface area contributed by atoms with E-state index in [4.69, 9.17) is 9.47 Å². The summed E-state index contributed by atoms with van der Waals surface area (Å²) in [6.45, 7) is 6.83. The quantitative estimate of drug-likeness (QED) is 0.290. The molecular weight excluding hydrogens is 512 g/mol. The van der Waals surface area contributed by atoms with Crippen LogP contribution in [0.3, 0.4) is 0 Å². The van der Waals surface area contributed by atoms with Crippen LogP contribution in [0.25, 0.3) is 10.8 Å². The first-order valence-corrected chi connectivity index (χ1v) is 14.7. The van der Waals surface area contributed by atoms with Crippen LogP contribution in [-0.2, 0) is 11.2 Å². The topological polar surface area (TPSA) is 66.9 Å². The van der Waals surface area contributed by atoms with Gasteiger partial charge in [0.25, 0.3) is 5.91 Å². The van der Waals surface area contributed by atoms with Gasteiger partial charge in [0, 0.05) is 60.9 Å². The maximum absolute atomic E-state index is 13.4. The number of piperidine rings is 1. The van der Waals surface area contributed by atoms with E-state index in [1.165, 1.54) is 5.56 Å². The van der Waals surface area contributed by atoms with Gasteiger partial charge in [0.2, 0.25) is 0 Å². The minimum Gasteiger partial charge on any atom is -0.492 e. The van der Waals surface area contributed by atoms with Gasteiger partial charge in [0.1, 0.15) is 18.2 Å². The lowest BCUT2D eigenvalue weighted by atomic mass is 9.90. The summed E-state index contributed by atoms with van der Waals surface area (Å²) in [6, 6.07) is 26.4. The number of carbonyl (C=O) groups is 1. The number of pyridine rings is 1. The summed E-state index contributed by atoms with van der Waals surface area (Å²) in [6.07, 6.45) is 5.11. The Hall–Kier alpha value is -3.94. The second-order valence-corrected chi connectivity index (χ2v) is 10.9. The maximum Gasteiger partial charge on any atom is 0.255 e. The summed E-state index contributed by atoms with van der Waals surface area (Å²) in [7, 11) is 0. The van der Waals surface area contributed by atoms with Crippen LogP contribution in [0.2, 0.25) is 0 Å². The third-order valence-electron chi connectivity index (χ3n) is 8.21.